The van der Waals surface area contributed by atoms with Crippen LogP contribution in [-0.2, 0) is 13.5 Å². The van der Waals surface area contributed by atoms with Crippen molar-refractivity contribution in [3.63, 3.8) is 0 Å². The van der Waals surface area contributed by atoms with Crippen molar-refractivity contribution in [2.75, 3.05) is 6.54 Å². The fraction of sp³-hybridized carbons (Fsp3) is 0.562. The topological polar surface area (TPSA) is 55.6 Å². The monoisotopic (exact) mass is 285 g/mol. The first kappa shape index (κ1) is 14.2. The van der Waals surface area contributed by atoms with Gasteiger partial charge in [-0.3, -0.25) is 4.68 Å². The highest BCUT2D eigenvalue weighted by Gasteiger charge is 2.20. The smallest absolute Gasteiger partial charge is 0.180 e. The van der Waals surface area contributed by atoms with Gasteiger partial charge in [-0.2, -0.15) is 5.10 Å². The highest BCUT2D eigenvalue weighted by Crippen LogP contribution is 2.28. The first-order valence-electron chi connectivity index (χ1n) is 7.87. The van der Waals surface area contributed by atoms with Gasteiger partial charge in [0.1, 0.15) is 5.69 Å². The van der Waals surface area contributed by atoms with E-state index in [9.17, 15) is 0 Å². The molecule has 0 aromatic carbocycles. The number of rotatable bonds is 4. The largest absolute Gasteiger partial charge is 0.310 e. The molecule has 0 bridgehead atoms. The van der Waals surface area contributed by atoms with Crippen LogP contribution in [0.1, 0.15) is 49.9 Å². The summed E-state index contributed by atoms with van der Waals surface area (Å²) in [7, 11) is 1.91. The third-order valence-corrected chi connectivity index (χ3v) is 4.02. The lowest BCUT2D eigenvalue weighted by Gasteiger charge is -2.18. The van der Waals surface area contributed by atoms with Crippen molar-refractivity contribution in [3.05, 3.63) is 29.7 Å². The average Bonchev–Trinajstić information content (AvgIpc) is 2.83. The molecule has 1 N–H and O–H groups in total. The normalized spacial score (nSPS) is 18.3. The summed E-state index contributed by atoms with van der Waals surface area (Å²) in [6.45, 7) is 3.25. The van der Waals surface area contributed by atoms with E-state index in [2.05, 4.69) is 22.3 Å². The molecule has 1 atom stereocenters. The zero-order valence-electron chi connectivity index (χ0n) is 12.8. The Morgan fingerprint density at radius 1 is 1.38 bits per heavy atom. The minimum absolute atomic E-state index is 0.403. The molecule has 0 aliphatic heterocycles. The van der Waals surface area contributed by atoms with Crippen LogP contribution in [0.5, 0.6) is 0 Å². The van der Waals surface area contributed by atoms with Crippen LogP contribution in [0, 0.1) is 0 Å². The molecule has 1 aliphatic rings. The van der Waals surface area contributed by atoms with Crippen molar-refractivity contribution in [3.8, 4) is 11.5 Å². The maximum Gasteiger partial charge on any atom is 0.180 e. The predicted molar refractivity (Wildman–Crippen MR) is 82.8 cm³/mol. The molecule has 0 fully saturated rings. The average molecular weight is 285 g/mol. The van der Waals surface area contributed by atoms with Crippen LogP contribution in [-0.4, -0.2) is 26.3 Å². The van der Waals surface area contributed by atoms with Crippen LogP contribution in [0.4, 0.5) is 0 Å². The van der Waals surface area contributed by atoms with Gasteiger partial charge in [0.05, 0.1) is 0 Å². The molecule has 0 saturated heterocycles. The number of nitrogens with one attached hydrogen (secondary N) is 1. The lowest BCUT2D eigenvalue weighted by Crippen LogP contribution is -2.23. The van der Waals surface area contributed by atoms with Gasteiger partial charge in [0.15, 0.2) is 5.82 Å². The summed E-state index contributed by atoms with van der Waals surface area (Å²) in [5.74, 6) is 0.741. The third kappa shape index (κ3) is 3.13. The molecule has 2 heterocycles. The number of hydrogen-bond acceptors (Lipinski definition) is 4. The van der Waals surface area contributed by atoms with Gasteiger partial charge in [0.25, 0.3) is 0 Å². The first-order valence-corrected chi connectivity index (χ1v) is 7.87. The van der Waals surface area contributed by atoms with Crippen LogP contribution >= 0.6 is 0 Å². The minimum atomic E-state index is 0.403. The maximum atomic E-state index is 4.79. The summed E-state index contributed by atoms with van der Waals surface area (Å²) in [6, 6.07) is 2.37. The highest BCUT2D eigenvalue weighted by atomic mass is 15.3. The van der Waals surface area contributed by atoms with E-state index in [1.807, 2.05) is 25.5 Å². The fourth-order valence-electron chi connectivity index (χ4n) is 2.90. The van der Waals surface area contributed by atoms with E-state index >= 15 is 0 Å². The second-order valence-electron chi connectivity index (χ2n) is 5.72. The van der Waals surface area contributed by atoms with Gasteiger partial charge in [-0.1, -0.05) is 13.3 Å². The molecule has 2 aromatic rings. The Kier molecular flexibility index (Phi) is 4.29. The Labute approximate surface area is 125 Å². The molecule has 1 aliphatic carbocycles. The lowest BCUT2D eigenvalue weighted by molar-refractivity contribution is 0.488. The molecular formula is C16H23N5. The summed E-state index contributed by atoms with van der Waals surface area (Å²) >= 11 is 0. The predicted octanol–water partition coefficient (Wildman–Crippen LogP) is 2.64. The molecule has 5 nitrogen and oxygen atoms in total. The van der Waals surface area contributed by atoms with E-state index in [1.165, 1.54) is 30.5 Å². The molecule has 0 amide bonds. The van der Waals surface area contributed by atoms with E-state index in [0.717, 1.165) is 30.9 Å². The summed E-state index contributed by atoms with van der Waals surface area (Å²) in [5.41, 5.74) is 3.32. The Balaban J connectivity index is 1.91. The summed E-state index contributed by atoms with van der Waals surface area (Å²) in [5, 5.41) is 8.03. The number of aryl methyl sites for hydroxylation is 2. The van der Waals surface area contributed by atoms with Crippen molar-refractivity contribution in [2.45, 2.75) is 45.1 Å². The number of hydrogen-bond donors (Lipinski definition) is 1. The zero-order valence-corrected chi connectivity index (χ0v) is 12.8. The van der Waals surface area contributed by atoms with Gasteiger partial charge in [-0.15, -0.1) is 0 Å². The Hall–Kier alpha value is -1.75. The van der Waals surface area contributed by atoms with Crippen molar-refractivity contribution in [2.24, 2.45) is 7.05 Å². The highest BCUT2D eigenvalue weighted by molar-refractivity contribution is 5.48. The van der Waals surface area contributed by atoms with E-state index in [0.29, 0.717) is 6.04 Å². The van der Waals surface area contributed by atoms with E-state index in [1.54, 1.807) is 4.68 Å². The maximum absolute atomic E-state index is 4.79. The summed E-state index contributed by atoms with van der Waals surface area (Å²) in [6.07, 6.45) is 9.76. The molecule has 0 radical (unpaired) electrons. The molecule has 0 spiro atoms. The molecular weight excluding hydrogens is 262 g/mol. The fourth-order valence-corrected chi connectivity index (χ4v) is 2.90. The molecule has 3 rings (SSSR count). The third-order valence-electron chi connectivity index (χ3n) is 4.02. The molecule has 2 aromatic heterocycles. The van der Waals surface area contributed by atoms with Gasteiger partial charge >= 0.3 is 0 Å². The van der Waals surface area contributed by atoms with Crippen LogP contribution in [0.25, 0.3) is 11.5 Å². The molecule has 5 heteroatoms. The summed E-state index contributed by atoms with van der Waals surface area (Å²) < 4.78 is 1.79. The van der Waals surface area contributed by atoms with E-state index < -0.39 is 0 Å². The SMILES string of the molecule is CCCNC1CCCCc2nc(-c3ccn(C)n3)ncc21. The lowest BCUT2D eigenvalue weighted by atomic mass is 10.0. The molecule has 0 saturated carbocycles. The van der Waals surface area contributed by atoms with Crippen molar-refractivity contribution in [1.82, 2.24) is 25.1 Å². The van der Waals surface area contributed by atoms with Gasteiger partial charge in [-0.05, 0) is 38.3 Å². The molecule has 112 valence electrons. The molecule has 21 heavy (non-hydrogen) atoms. The Morgan fingerprint density at radius 2 is 2.29 bits per heavy atom. The first-order chi connectivity index (χ1) is 10.3. The van der Waals surface area contributed by atoms with Gasteiger partial charge in [0, 0.05) is 36.7 Å². The number of aromatic nitrogens is 4. The number of nitrogens with zero attached hydrogens (tertiary/aromatic N) is 4. The Morgan fingerprint density at radius 3 is 3.05 bits per heavy atom. The second-order valence-corrected chi connectivity index (χ2v) is 5.72. The Bertz CT molecular complexity index is 604. The molecule has 1 unspecified atom stereocenters. The zero-order chi connectivity index (χ0) is 14.7. The minimum Gasteiger partial charge on any atom is -0.310 e. The van der Waals surface area contributed by atoms with Crippen LogP contribution in [0.3, 0.4) is 0 Å². The van der Waals surface area contributed by atoms with Gasteiger partial charge < -0.3 is 5.32 Å². The van der Waals surface area contributed by atoms with Crippen molar-refractivity contribution in [1.29, 1.82) is 0 Å². The van der Waals surface area contributed by atoms with E-state index in [-0.39, 0.29) is 0 Å². The van der Waals surface area contributed by atoms with Crippen LogP contribution < -0.4 is 5.32 Å². The van der Waals surface area contributed by atoms with Crippen molar-refractivity contribution < 1.29 is 0 Å². The quantitative estimate of drug-likeness (QED) is 0.877. The van der Waals surface area contributed by atoms with Crippen LogP contribution in [0.2, 0.25) is 0 Å². The summed E-state index contributed by atoms with van der Waals surface area (Å²) in [4.78, 5) is 9.34. The van der Waals surface area contributed by atoms with Crippen LogP contribution in [0.15, 0.2) is 18.5 Å². The van der Waals surface area contributed by atoms with Gasteiger partial charge in [-0.25, -0.2) is 9.97 Å². The van der Waals surface area contributed by atoms with Crippen molar-refractivity contribution >= 4 is 0 Å². The standard InChI is InChI=1S/C16H23N5/c1-3-9-17-13-6-4-5-7-14-12(13)11-18-16(19-14)15-8-10-21(2)20-15/h8,10-11,13,17H,3-7,9H2,1-2H3. The second kappa shape index (κ2) is 6.35. The van der Waals surface area contributed by atoms with E-state index in [4.69, 9.17) is 4.98 Å². The van der Waals surface area contributed by atoms with Gasteiger partial charge in [0.2, 0.25) is 0 Å². The number of fused-ring (bicyclic) bond motifs is 1.